The molecule has 2 aliphatic heterocycles. The summed E-state index contributed by atoms with van der Waals surface area (Å²) >= 11 is 0. The topological polar surface area (TPSA) is 35.6 Å². The number of piperazine rings is 1. The third-order valence-electron chi connectivity index (χ3n) is 4.01. The molecule has 19 heavy (non-hydrogen) atoms. The predicted octanol–water partition coefficient (Wildman–Crippen LogP) is 1.00. The monoisotopic (exact) mass is 259 g/mol. The summed E-state index contributed by atoms with van der Waals surface area (Å²) in [6.07, 6.45) is 0.568. The first-order valence-electron chi connectivity index (χ1n) is 7.13. The van der Waals surface area contributed by atoms with E-state index in [9.17, 15) is 4.79 Å². The molecule has 102 valence electrons. The molecule has 0 aromatic heterocycles. The zero-order valence-electron chi connectivity index (χ0n) is 11.5. The molecule has 0 unspecified atom stereocenters. The second-order valence-electron chi connectivity index (χ2n) is 5.30. The molecule has 0 spiro atoms. The maximum absolute atomic E-state index is 11.9. The summed E-state index contributed by atoms with van der Waals surface area (Å²) in [4.78, 5) is 16.2. The number of nitrogens with one attached hydrogen (secondary N) is 1. The number of anilines is 1. The van der Waals surface area contributed by atoms with E-state index in [1.165, 1.54) is 11.1 Å². The van der Waals surface area contributed by atoms with E-state index in [4.69, 9.17) is 0 Å². The fraction of sp³-hybridized carbons (Fsp3) is 0.533. The molecular weight excluding hydrogens is 238 g/mol. The Kier molecular flexibility index (Phi) is 3.53. The van der Waals surface area contributed by atoms with Gasteiger partial charge in [0, 0.05) is 45.0 Å². The number of hydrogen-bond acceptors (Lipinski definition) is 3. The number of hydrogen-bond donors (Lipinski definition) is 1. The van der Waals surface area contributed by atoms with Gasteiger partial charge in [-0.15, -0.1) is 0 Å². The molecule has 4 nitrogen and oxygen atoms in total. The van der Waals surface area contributed by atoms with Crippen molar-refractivity contribution >= 4 is 11.6 Å². The van der Waals surface area contributed by atoms with E-state index in [0.29, 0.717) is 6.42 Å². The Morgan fingerprint density at radius 1 is 1.26 bits per heavy atom. The molecule has 0 bridgehead atoms. The van der Waals surface area contributed by atoms with Crippen LogP contribution in [0.3, 0.4) is 0 Å². The third kappa shape index (κ3) is 2.51. The number of carbonyl (C=O) groups is 1. The highest BCUT2D eigenvalue weighted by Gasteiger charge is 2.25. The van der Waals surface area contributed by atoms with E-state index in [0.717, 1.165) is 45.0 Å². The van der Waals surface area contributed by atoms with E-state index in [1.54, 1.807) is 0 Å². The molecule has 1 amide bonds. The standard InChI is InChI=1S/C15H21N3O/c1-2-18-14-4-3-12(9-13(14)10-15(18)19)11-17-7-5-16-6-8-17/h3-4,9,16H,2,5-8,10-11H2,1H3. The van der Waals surface area contributed by atoms with Crippen LogP contribution in [0.1, 0.15) is 18.1 Å². The van der Waals surface area contributed by atoms with E-state index in [-0.39, 0.29) is 5.91 Å². The van der Waals surface area contributed by atoms with Crippen LogP contribution in [0.25, 0.3) is 0 Å². The summed E-state index contributed by atoms with van der Waals surface area (Å²) < 4.78 is 0. The Bertz CT molecular complexity index is 480. The van der Waals surface area contributed by atoms with Crippen LogP contribution in [-0.4, -0.2) is 43.5 Å². The summed E-state index contributed by atoms with van der Waals surface area (Å²) in [7, 11) is 0. The molecule has 0 radical (unpaired) electrons. The predicted molar refractivity (Wildman–Crippen MR) is 76.3 cm³/mol. The van der Waals surface area contributed by atoms with Crippen LogP contribution in [0.4, 0.5) is 5.69 Å². The number of carbonyl (C=O) groups excluding carboxylic acids is 1. The number of amides is 1. The highest BCUT2D eigenvalue weighted by Crippen LogP contribution is 2.29. The van der Waals surface area contributed by atoms with Crippen LogP contribution in [0.15, 0.2) is 18.2 Å². The van der Waals surface area contributed by atoms with E-state index < -0.39 is 0 Å². The molecule has 1 saturated heterocycles. The zero-order chi connectivity index (χ0) is 13.2. The molecule has 3 rings (SSSR count). The van der Waals surface area contributed by atoms with Gasteiger partial charge in [0.2, 0.25) is 5.91 Å². The van der Waals surface area contributed by atoms with Gasteiger partial charge in [0.25, 0.3) is 0 Å². The molecule has 4 heteroatoms. The van der Waals surface area contributed by atoms with E-state index in [2.05, 4.69) is 28.4 Å². The van der Waals surface area contributed by atoms with Crippen molar-refractivity contribution in [2.75, 3.05) is 37.6 Å². The number of rotatable bonds is 3. The van der Waals surface area contributed by atoms with Gasteiger partial charge in [-0.05, 0) is 24.1 Å². The fourth-order valence-corrected chi connectivity index (χ4v) is 3.01. The quantitative estimate of drug-likeness (QED) is 0.879. The molecule has 2 heterocycles. The van der Waals surface area contributed by atoms with Crippen molar-refractivity contribution in [1.29, 1.82) is 0 Å². The van der Waals surface area contributed by atoms with Crippen molar-refractivity contribution in [3.05, 3.63) is 29.3 Å². The summed E-state index contributed by atoms with van der Waals surface area (Å²) in [5.41, 5.74) is 3.63. The molecule has 1 N–H and O–H groups in total. The van der Waals surface area contributed by atoms with Gasteiger partial charge in [-0.1, -0.05) is 12.1 Å². The van der Waals surface area contributed by atoms with Crippen LogP contribution in [0.5, 0.6) is 0 Å². The highest BCUT2D eigenvalue weighted by molar-refractivity contribution is 6.01. The Balaban J connectivity index is 1.75. The first kappa shape index (κ1) is 12.6. The van der Waals surface area contributed by atoms with Crippen LogP contribution < -0.4 is 10.2 Å². The Morgan fingerprint density at radius 3 is 2.79 bits per heavy atom. The largest absolute Gasteiger partial charge is 0.314 e. The SMILES string of the molecule is CCN1C(=O)Cc2cc(CN3CCNCC3)ccc21. The second kappa shape index (κ2) is 5.31. The zero-order valence-corrected chi connectivity index (χ0v) is 11.5. The minimum atomic E-state index is 0.233. The fourth-order valence-electron chi connectivity index (χ4n) is 3.01. The van der Waals surface area contributed by atoms with Gasteiger partial charge < -0.3 is 10.2 Å². The van der Waals surface area contributed by atoms with Crippen molar-refractivity contribution in [3.8, 4) is 0 Å². The number of likely N-dealkylation sites (N-methyl/N-ethyl adjacent to an activating group) is 1. The Hall–Kier alpha value is -1.39. The lowest BCUT2D eigenvalue weighted by molar-refractivity contribution is -0.117. The first-order valence-corrected chi connectivity index (χ1v) is 7.13. The van der Waals surface area contributed by atoms with Crippen molar-refractivity contribution < 1.29 is 4.79 Å². The Morgan fingerprint density at radius 2 is 2.05 bits per heavy atom. The van der Waals surface area contributed by atoms with Crippen LogP contribution in [-0.2, 0) is 17.8 Å². The minimum Gasteiger partial charge on any atom is -0.314 e. The highest BCUT2D eigenvalue weighted by atomic mass is 16.2. The summed E-state index contributed by atoms with van der Waals surface area (Å²) in [6, 6.07) is 6.49. The smallest absolute Gasteiger partial charge is 0.231 e. The van der Waals surface area contributed by atoms with E-state index in [1.807, 2.05) is 11.8 Å². The van der Waals surface area contributed by atoms with Crippen LogP contribution >= 0.6 is 0 Å². The maximum atomic E-state index is 11.9. The summed E-state index contributed by atoms with van der Waals surface area (Å²) in [5.74, 6) is 0.233. The molecule has 0 aliphatic carbocycles. The summed E-state index contributed by atoms with van der Waals surface area (Å²) in [6.45, 7) is 8.16. The molecule has 2 aliphatic rings. The lowest BCUT2D eigenvalue weighted by atomic mass is 10.1. The van der Waals surface area contributed by atoms with Gasteiger partial charge in [0.1, 0.15) is 0 Å². The van der Waals surface area contributed by atoms with Crippen molar-refractivity contribution in [2.24, 2.45) is 0 Å². The molecule has 0 saturated carbocycles. The first-order chi connectivity index (χ1) is 9.28. The molecule has 0 atom stereocenters. The van der Waals surface area contributed by atoms with Crippen LogP contribution in [0.2, 0.25) is 0 Å². The molecule has 1 aromatic carbocycles. The average Bonchev–Trinajstić information content (AvgIpc) is 2.74. The Labute approximate surface area is 114 Å². The van der Waals surface area contributed by atoms with Crippen molar-refractivity contribution in [2.45, 2.75) is 19.9 Å². The van der Waals surface area contributed by atoms with Gasteiger partial charge in [-0.25, -0.2) is 0 Å². The normalized spacial score (nSPS) is 19.8. The van der Waals surface area contributed by atoms with Crippen molar-refractivity contribution in [1.82, 2.24) is 10.2 Å². The van der Waals surface area contributed by atoms with Gasteiger partial charge in [-0.3, -0.25) is 9.69 Å². The molecule has 1 aromatic rings. The van der Waals surface area contributed by atoms with E-state index >= 15 is 0 Å². The van der Waals surface area contributed by atoms with Gasteiger partial charge in [0.05, 0.1) is 6.42 Å². The minimum absolute atomic E-state index is 0.233. The lowest BCUT2D eigenvalue weighted by Gasteiger charge is -2.27. The number of nitrogens with zero attached hydrogens (tertiary/aromatic N) is 2. The van der Waals surface area contributed by atoms with Gasteiger partial charge >= 0.3 is 0 Å². The third-order valence-corrected chi connectivity index (χ3v) is 4.01. The second-order valence-corrected chi connectivity index (χ2v) is 5.30. The number of fused-ring (bicyclic) bond motifs is 1. The number of benzene rings is 1. The average molecular weight is 259 g/mol. The van der Waals surface area contributed by atoms with Gasteiger partial charge in [-0.2, -0.15) is 0 Å². The van der Waals surface area contributed by atoms with Crippen LogP contribution in [0, 0.1) is 0 Å². The van der Waals surface area contributed by atoms with Gasteiger partial charge in [0.15, 0.2) is 0 Å². The lowest BCUT2D eigenvalue weighted by Crippen LogP contribution is -2.42. The summed E-state index contributed by atoms with van der Waals surface area (Å²) in [5, 5.41) is 3.37. The maximum Gasteiger partial charge on any atom is 0.231 e. The molecule has 1 fully saturated rings. The molecular formula is C15H21N3O. The van der Waals surface area contributed by atoms with Crippen molar-refractivity contribution in [3.63, 3.8) is 0 Å².